The normalized spacial score (nSPS) is 15.1. The summed E-state index contributed by atoms with van der Waals surface area (Å²) in [5.74, 6) is -14.9. The molecular weight excluding hydrogens is 1500 g/mol. The molecule has 39 heteroatoms. The van der Waals surface area contributed by atoms with Gasteiger partial charge in [-0.1, -0.05) is 78.9 Å². The molecule has 11 atom stereocenters. The Kier molecular flexibility index (Phi) is 32.0. The number of aliphatic carboxylic acids is 1. The number of likely N-dealkylation sites (tertiary alicyclic amines) is 1. The van der Waals surface area contributed by atoms with Crippen LogP contribution in [0.1, 0.15) is 72.9 Å². The number of benzene rings is 4. The van der Waals surface area contributed by atoms with E-state index < -0.39 is 181 Å². The number of aromatic nitrogens is 4. The summed E-state index contributed by atoms with van der Waals surface area (Å²) < 4.78 is 0. The molecule has 113 heavy (non-hydrogen) atoms. The number of carboxylic acid groups (broad SMARTS) is 1. The van der Waals surface area contributed by atoms with Gasteiger partial charge in [0.05, 0.1) is 25.3 Å². The van der Waals surface area contributed by atoms with Crippen LogP contribution in [0.5, 0.6) is 5.75 Å². The number of guanidine groups is 1. The molecule has 0 aliphatic carbocycles. The molecule has 4 heterocycles. The van der Waals surface area contributed by atoms with Gasteiger partial charge in [0, 0.05) is 109 Å². The number of phenolic OH excluding ortho intramolecular Hbond substituents is 1. The third-order valence-electron chi connectivity index (χ3n) is 18.5. The van der Waals surface area contributed by atoms with Gasteiger partial charge in [0.25, 0.3) is 0 Å². The molecule has 0 bridgehead atoms. The van der Waals surface area contributed by atoms with E-state index in [0.717, 1.165) is 0 Å². The highest BCUT2D eigenvalue weighted by atomic mass is 32.1. The van der Waals surface area contributed by atoms with Crippen LogP contribution >= 0.6 is 25.3 Å². The van der Waals surface area contributed by atoms with Crippen LogP contribution in [0.15, 0.2) is 128 Å². The van der Waals surface area contributed by atoms with Gasteiger partial charge in [-0.05, 0) is 78.6 Å². The van der Waals surface area contributed by atoms with Gasteiger partial charge in [0.2, 0.25) is 76.8 Å². The fraction of sp³-hybridized carbons (Fsp3) is 0.378. The maximum Gasteiger partial charge on any atom is 0.303 e. The third-order valence-corrected chi connectivity index (χ3v) is 19.3. The average Bonchev–Trinajstić information content (AvgIpc) is 1.59. The van der Waals surface area contributed by atoms with Crippen LogP contribution in [0.25, 0.3) is 21.8 Å². The molecule has 0 spiro atoms. The molecule has 8 rings (SSSR count). The number of imidazole rings is 1. The van der Waals surface area contributed by atoms with Gasteiger partial charge in [-0.25, -0.2) is 4.98 Å². The van der Waals surface area contributed by atoms with Crippen LogP contribution in [0.3, 0.4) is 0 Å². The van der Waals surface area contributed by atoms with Crippen LogP contribution in [0.4, 0.5) is 0 Å². The van der Waals surface area contributed by atoms with Gasteiger partial charge in [-0.2, -0.15) is 25.3 Å². The molecule has 3 aromatic heterocycles. The van der Waals surface area contributed by atoms with Gasteiger partial charge >= 0.3 is 5.97 Å². The molecule has 0 radical (unpaired) electrons. The van der Waals surface area contributed by atoms with Gasteiger partial charge in [0.15, 0.2) is 5.96 Å². The van der Waals surface area contributed by atoms with Crippen molar-refractivity contribution in [2.24, 2.45) is 22.9 Å². The molecule has 25 N–H and O–H groups in total. The lowest BCUT2D eigenvalue weighted by atomic mass is 10.0. The molecule has 0 saturated carbocycles. The molecule has 1 aliphatic heterocycles. The summed E-state index contributed by atoms with van der Waals surface area (Å²) in [7, 11) is 0. The van der Waals surface area contributed by atoms with E-state index in [-0.39, 0.29) is 81.9 Å². The molecule has 1 aliphatic rings. The number of nitrogens with zero attached hydrogens (tertiary/aromatic N) is 2. The van der Waals surface area contributed by atoms with E-state index >= 15 is 9.59 Å². The minimum absolute atomic E-state index is 0.0371. The first-order valence-corrected chi connectivity index (χ1v) is 37.4. The molecule has 13 amide bonds. The Labute approximate surface area is 658 Å². The van der Waals surface area contributed by atoms with Crippen LogP contribution < -0.4 is 81.4 Å². The first-order valence-electron chi connectivity index (χ1n) is 36.1. The van der Waals surface area contributed by atoms with Crippen molar-refractivity contribution in [1.29, 1.82) is 5.41 Å². The fourth-order valence-corrected chi connectivity index (χ4v) is 13.1. The lowest BCUT2D eigenvalue weighted by Crippen LogP contribution is -2.61. The largest absolute Gasteiger partial charge is 0.508 e. The van der Waals surface area contributed by atoms with Crippen molar-refractivity contribution in [3.05, 3.63) is 156 Å². The number of rotatable bonds is 43. The lowest BCUT2D eigenvalue weighted by Gasteiger charge is -2.29. The molecule has 7 aromatic rings. The predicted octanol–water partition coefficient (Wildman–Crippen LogP) is -3.26. The van der Waals surface area contributed by atoms with Crippen LogP contribution in [0.2, 0.25) is 0 Å². The number of para-hydroxylation sites is 2. The third kappa shape index (κ3) is 25.8. The minimum Gasteiger partial charge on any atom is -0.508 e. The van der Waals surface area contributed by atoms with E-state index in [9.17, 15) is 67.7 Å². The van der Waals surface area contributed by atoms with Crippen molar-refractivity contribution < 1.29 is 77.3 Å². The van der Waals surface area contributed by atoms with Crippen molar-refractivity contribution in [2.45, 2.75) is 144 Å². The molecule has 4 aromatic carbocycles. The second-order valence-electron chi connectivity index (χ2n) is 27.0. The van der Waals surface area contributed by atoms with Crippen molar-refractivity contribution in [3.63, 3.8) is 0 Å². The highest BCUT2D eigenvalue weighted by Gasteiger charge is 2.40. The molecule has 602 valence electrons. The average molecular weight is 1600 g/mol. The SMILES string of the molecule is N=C(N)NCCC[C@H](NC(=O)[C@H](Cc1cnc[nH]1)NC(=O)[C@H](Cc1c[nH]c2ccccc12)NC(=O)[C@H](Cc1ccc(O)cc1)NC(=O)[C@H](CS)NC(=O)[C@H](CCC(=O)O)NC(=O)[C@H](Cc1c[nH]c2ccccc12)NC(=O)[C@H](CC(N)=O)NC(=O)[C@@H]1CCCN1C(=O)[C@@H](N)CS)C(=O)N[C@@H](Cc1ccccc1)C(=O)NCC(N)=O. The highest BCUT2D eigenvalue weighted by molar-refractivity contribution is 7.80. The molecular formula is C74H93N21O16S2. The molecule has 37 nitrogen and oxygen atoms in total. The summed E-state index contributed by atoms with van der Waals surface area (Å²) in [5, 5.41) is 57.7. The van der Waals surface area contributed by atoms with Crippen molar-refractivity contribution in [1.82, 2.24) is 83.3 Å². The lowest BCUT2D eigenvalue weighted by molar-refractivity contribution is -0.140. The first kappa shape index (κ1) is 86.1. The summed E-state index contributed by atoms with van der Waals surface area (Å²) in [4.78, 5) is 210. The van der Waals surface area contributed by atoms with E-state index in [1.807, 2.05) is 0 Å². The van der Waals surface area contributed by atoms with Crippen molar-refractivity contribution in [3.8, 4) is 5.75 Å². The number of hydrogen-bond acceptors (Lipinski definition) is 20. The number of nitrogens with one attached hydrogen (secondary N) is 15. The van der Waals surface area contributed by atoms with Crippen molar-refractivity contribution in [2.75, 3.05) is 31.1 Å². The Balaban J connectivity index is 1.06. The number of nitrogens with two attached hydrogens (primary N) is 4. The van der Waals surface area contributed by atoms with Gasteiger partial charge in [-0.3, -0.25) is 72.5 Å². The summed E-state index contributed by atoms with van der Waals surface area (Å²) >= 11 is 8.48. The smallest absolute Gasteiger partial charge is 0.303 e. The number of aromatic amines is 3. The van der Waals surface area contributed by atoms with Crippen LogP contribution in [0, 0.1) is 5.41 Å². The van der Waals surface area contributed by atoms with Gasteiger partial charge in [0.1, 0.15) is 66.2 Å². The van der Waals surface area contributed by atoms with E-state index in [2.05, 4.69) is 104 Å². The second-order valence-corrected chi connectivity index (χ2v) is 27.7. The second kappa shape index (κ2) is 42.0. The number of carbonyl (C=O) groups is 14. The summed E-state index contributed by atoms with van der Waals surface area (Å²) in [6.07, 6.45) is 2.82. The zero-order valence-electron chi connectivity index (χ0n) is 61.2. The van der Waals surface area contributed by atoms with E-state index in [1.54, 1.807) is 91.3 Å². The maximum atomic E-state index is 15.3. The van der Waals surface area contributed by atoms with Gasteiger partial charge in [-0.15, -0.1) is 0 Å². The Morgan fingerprint density at radius 1 is 0.522 bits per heavy atom. The Morgan fingerprint density at radius 2 is 0.991 bits per heavy atom. The Morgan fingerprint density at radius 3 is 1.50 bits per heavy atom. The summed E-state index contributed by atoms with van der Waals surface area (Å²) in [6, 6.07) is 11.2. The predicted molar refractivity (Wildman–Crippen MR) is 418 cm³/mol. The number of primary amides is 2. The number of fused-ring (bicyclic) bond motifs is 2. The molecule has 0 unspecified atom stereocenters. The van der Waals surface area contributed by atoms with Crippen molar-refractivity contribution >= 4 is 136 Å². The summed E-state index contributed by atoms with van der Waals surface area (Å²) in [5.41, 5.74) is 25.9. The molecule has 1 saturated heterocycles. The molecule has 1 fully saturated rings. The first-order chi connectivity index (χ1) is 54.1. The maximum absolute atomic E-state index is 15.3. The number of carboxylic acids is 1. The number of aromatic hydroxyl groups is 1. The zero-order valence-corrected chi connectivity index (χ0v) is 63.0. The number of H-pyrrole nitrogens is 3. The monoisotopic (exact) mass is 1600 g/mol. The van der Waals surface area contributed by atoms with E-state index in [4.69, 9.17) is 28.3 Å². The van der Waals surface area contributed by atoms with E-state index in [1.165, 1.54) is 41.7 Å². The Bertz CT molecular complexity index is 4550. The number of phenols is 1. The number of hydrogen-bond donors (Lipinski definition) is 23. The number of thiol groups is 2. The van der Waals surface area contributed by atoms with Crippen LogP contribution in [-0.4, -0.2) is 221 Å². The Hall–Kier alpha value is -12.5. The number of amides is 13. The standard InChI is InChI=1S/C74H93N21O16S2/c75-47(36-112)73(111)95-25-9-17-59(95)72(110)93-57(31-60(76)97)70(108)91-54(28-41-32-82-48-14-6-4-12-45(41)48)67(105)87-51(22-23-62(99)100)65(103)94-58(37-113)71(109)89-53(27-40-18-20-44(96)21-19-40)66(104)90-55(29-42-33-83-49-15-7-5-13-46(42)49)68(106)92-56(30-43-34-80-38-85-43)69(107)86-50(16-8-24-81-74(78)79)64(102)88-52(63(101)84-35-61(77)98)26-39-10-2-1-3-11-39/h1-7,10-15,18-21,32-34,38,47,50-59,82-83,96,112-113H,8-9,16-17,22-31,35-37,75H2,(H2,76,97)(H2,77,98)(H,80,85)(H,84,101)(H,86,107)(H,87,105)(H,88,102)(H,89,109)(H,90,104)(H,91,108)(H,92,106)(H,93,110)(H,94,103)(H,99,100)(H4,78,79,81)/t47-,50-,51-,52-,53-,54-,55-,56-,57-,58-,59-/m0/s1. The highest BCUT2D eigenvalue weighted by Crippen LogP contribution is 2.24. The van der Waals surface area contributed by atoms with E-state index in [0.29, 0.717) is 56.2 Å². The zero-order chi connectivity index (χ0) is 81.8. The topological polar surface area (TPSA) is 603 Å². The van der Waals surface area contributed by atoms with Gasteiger partial charge < -0.3 is 111 Å². The quantitative estimate of drug-likeness (QED) is 0.00772. The fourth-order valence-electron chi connectivity index (χ4n) is 12.7. The van der Waals surface area contributed by atoms with Crippen LogP contribution in [-0.2, 0) is 99.2 Å². The summed E-state index contributed by atoms with van der Waals surface area (Å²) in [6.45, 7) is -0.363. The number of carbonyl (C=O) groups excluding carboxylic acids is 13. The minimum atomic E-state index is -1.81.